The molecule has 0 bridgehead atoms. The lowest BCUT2D eigenvalue weighted by Crippen LogP contribution is -2.15. The molecule has 2 N–H and O–H groups in total. The van der Waals surface area contributed by atoms with E-state index in [9.17, 15) is 13.2 Å². The normalized spacial score (nSPS) is 16.1. The van der Waals surface area contributed by atoms with Gasteiger partial charge in [0.2, 0.25) is 5.95 Å². The standard InChI is InChI=1S/C16H14F3N5/c17-16(18,19)12-8-21-15(24-14(12)22-10-1-2-10)23-11-3-4-13-9(7-11)5-6-20-13/h3-4,6-8,10H,1-2,5H2,(H2,21,22,23,24). The van der Waals surface area contributed by atoms with Crippen LogP contribution in [0.2, 0.25) is 0 Å². The van der Waals surface area contributed by atoms with Crippen molar-refractivity contribution in [1.29, 1.82) is 0 Å². The second-order valence-corrected chi connectivity index (χ2v) is 5.86. The Bertz CT molecular complexity index is 812. The highest BCUT2D eigenvalue weighted by atomic mass is 19.4. The van der Waals surface area contributed by atoms with Crippen LogP contribution < -0.4 is 10.6 Å². The summed E-state index contributed by atoms with van der Waals surface area (Å²) in [5.74, 6) is -0.0444. The highest BCUT2D eigenvalue weighted by Crippen LogP contribution is 2.36. The van der Waals surface area contributed by atoms with Gasteiger partial charge in [0.05, 0.1) is 5.69 Å². The predicted octanol–water partition coefficient (Wildman–Crippen LogP) is 4.07. The number of nitrogens with one attached hydrogen (secondary N) is 2. The average molecular weight is 333 g/mol. The van der Waals surface area contributed by atoms with Crippen LogP contribution in [0.5, 0.6) is 0 Å². The van der Waals surface area contributed by atoms with Gasteiger partial charge in [0.1, 0.15) is 11.4 Å². The number of nitrogens with zero attached hydrogens (tertiary/aromatic N) is 3. The molecule has 0 atom stereocenters. The molecule has 0 unspecified atom stereocenters. The summed E-state index contributed by atoms with van der Waals surface area (Å²) in [5, 5.41) is 5.79. The summed E-state index contributed by atoms with van der Waals surface area (Å²) in [7, 11) is 0. The molecule has 0 radical (unpaired) electrons. The Morgan fingerprint density at radius 1 is 1.17 bits per heavy atom. The Balaban J connectivity index is 1.61. The van der Waals surface area contributed by atoms with Crippen molar-refractivity contribution < 1.29 is 13.2 Å². The van der Waals surface area contributed by atoms with Gasteiger partial charge in [-0.25, -0.2) is 4.98 Å². The zero-order valence-corrected chi connectivity index (χ0v) is 12.6. The molecule has 1 fully saturated rings. The Labute approximate surface area is 136 Å². The number of hydrogen-bond donors (Lipinski definition) is 2. The first-order valence-electron chi connectivity index (χ1n) is 7.62. The second-order valence-electron chi connectivity index (χ2n) is 5.86. The summed E-state index contributed by atoms with van der Waals surface area (Å²) in [6.07, 6.45) is 0.606. The van der Waals surface area contributed by atoms with Gasteiger partial charge in [0, 0.05) is 30.6 Å². The number of fused-ring (bicyclic) bond motifs is 1. The number of benzene rings is 1. The molecule has 8 heteroatoms. The smallest absolute Gasteiger partial charge is 0.367 e. The maximum atomic E-state index is 13.1. The van der Waals surface area contributed by atoms with Crippen molar-refractivity contribution in [3.05, 3.63) is 35.5 Å². The summed E-state index contributed by atoms with van der Waals surface area (Å²) in [6, 6.07) is 5.62. The molecule has 24 heavy (non-hydrogen) atoms. The second kappa shape index (κ2) is 5.47. The predicted molar refractivity (Wildman–Crippen MR) is 85.3 cm³/mol. The summed E-state index contributed by atoms with van der Waals surface area (Å²) >= 11 is 0. The minimum atomic E-state index is -4.49. The molecule has 1 aliphatic carbocycles. The van der Waals surface area contributed by atoms with Crippen LogP contribution in [0.4, 0.5) is 36.3 Å². The average Bonchev–Trinajstić information content (AvgIpc) is 3.21. The third kappa shape index (κ3) is 3.04. The Hall–Kier alpha value is -2.64. The fraction of sp³-hybridized carbons (Fsp3) is 0.312. The Morgan fingerprint density at radius 2 is 2.00 bits per heavy atom. The zero-order chi connectivity index (χ0) is 16.7. The van der Waals surface area contributed by atoms with E-state index in [1.165, 1.54) is 0 Å². The molecule has 4 rings (SSSR count). The van der Waals surface area contributed by atoms with Gasteiger partial charge in [0.15, 0.2) is 0 Å². The molecule has 2 heterocycles. The highest BCUT2D eigenvalue weighted by molar-refractivity contribution is 5.77. The maximum absolute atomic E-state index is 13.1. The number of halogens is 3. The molecule has 1 aliphatic heterocycles. The number of alkyl halides is 3. The van der Waals surface area contributed by atoms with E-state index in [-0.39, 0.29) is 17.8 Å². The summed E-state index contributed by atoms with van der Waals surface area (Å²) in [5.41, 5.74) is 1.84. The summed E-state index contributed by atoms with van der Waals surface area (Å²) in [4.78, 5) is 12.1. The molecule has 1 aromatic carbocycles. The molecular formula is C16H14F3N5. The van der Waals surface area contributed by atoms with Gasteiger partial charge in [-0.2, -0.15) is 18.2 Å². The number of rotatable bonds is 4. The lowest BCUT2D eigenvalue weighted by molar-refractivity contribution is -0.137. The third-order valence-corrected chi connectivity index (χ3v) is 3.89. The van der Waals surface area contributed by atoms with Crippen LogP contribution in [0.1, 0.15) is 24.0 Å². The molecule has 2 aromatic rings. The first-order chi connectivity index (χ1) is 11.5. The van der Waals surface area contributed by atoms with Gasteiger partial charge in [-0.15, -0.1) is 0 Å². The number of aliphatic imine (C=N–C) groups is 1. The number of anilines is 3. The Morgan fingerprint density at radius 3 is 2.75 bits per heavy atom. The summed E-state index contributed by atoms with van der Waals surface area (Å²) < 4.78 is 39.2. The highest BCUT2D eigenvalue weighted by Gasteiger charge is 2.36. The largest absolute Gasteiger partial charge is 0.421 e. The van der Waals surface area contributed by atoms with Gasteiger partial charge < -0.3 is 10.6 Å². The molecule has 124 valence electrons. The monoisotopic (exact) mass is 333 g/mol. The number of hydrogen-bond acceptors (Lipinski definition) is 5. The van der Waals surface area contributed by atoms with E-state index in [1.54, 1.807) is 6.07 Å². The first-order valence-corrected chi connectivity index (χ1v) is 7.62. The topological polar surface area (TPSA) is 62.2 Å². The molecule has 2 aliphatic rings. The minimum Gasteiger partial charge on any atom is -0.367 e. The summed E-state index contributed by atoms with van der Waals surface area (Å²) in [6.45, 7) is 0. The van der Waals surface area contributed by atoms with Gasteiger partial charge in [-0.05, 0) is 36.6 Å². The van der Waals surface area contributed by atoms with Crippen LogP contribution in [-0.4, -0.2) is 22.2 Å². The zero-order valence-electron chi connectivity index (χ0n) is 12.6. The van der Waals surface area contributed by atoms with Crippen molar-refractivity contribution in [1.82, 2.24) is 9.97 Å². The van der Waals surface area contributed by atoms with Gasteiger partial charge in [-0.1, -0.05) is 0 Å². The van der Waals surface area contributed by atoms with E-state index in [0.717, 1.165) is 42.4 Å². The molecular weight excluding hydrogens is 319 g/mol. The quantitative estimate of drug-likeness (QED) is 0.885. The van der Waals surface area contributed by atoms with E-state index in [0.29, 0.717) is 0 Å². The molecule has 0 amide bonds. The van der Waals surface area contributed by atoms with Gasteiger partial charge in [0.25, 0.3) is 0 Å². The van der Waals surface area contributed by atoms with E-state index >= 15 is 0 Å². The van der Waals surface area contributed by atoms with Crippen LogP contribution >= 0.6 is 0 Å². The van der Waals surface area contributed by atoms with Crippen molar-refractivity contribution in [3.8, 4) is 0 Å². The van der Waals surface area contributed by atoms with Crippen molar-refractivity contribution >= 4 is 29.4 Å². The lowest BCUT2D eigenvalue weighted by Gasteiger charge is -2.14. The minimum absolute atomic E-state index is 0.0611. The fourth-order valence-electron chi connectivity index (χ4n) is 2.50. The SMILES string of the molecule is FC(F)(F)c1cnc(Nc2ccc3c(c2)CC=N3)nc1NC1CC1. The van der Waals surface area contributed by atoms with Gasteiger partial charge in [-0.3, -0.25) is 4.99 Å². The van der Waals surface area contributed by atoms with Gasteiger partial charge >= 0.3 is 6.18 Å². The van der Waals surface area contributed by atoms with Crippen molar-refractivity contribution in [3.63, 3.8) is 0 Å². The molecule has 1 saturated carbocycles. The molecule has 0 spiro atoms. The number of aromatic nitrogens is 2. The van der Waals surface area contributed by atoms with Crippen LogP contribution in [0.3, 0.4) is 0 Å². The lowest BCUT2D eigenvalue weighted by atomic mass is 10.1. The van der Waals surface area contributed by atoms with Crippen molar-refractivity contribution in [2.24, 2.45) is 4.99 Å². The first kappa shape index (κ1) is 14.9. The molecule has 0 saturated heterocycles. The van der Waals surface area contributed by atoms with E-state index < -0.39 is 11.7 Å². The Kier molecular flexibility index (Phi) is 3.40. The molecule has 1 aromatic heterocycles. The van der Waals surface area contributed by atoms with E-state index in [2.05, 4.69) is 25.6 Å². The van der Waals surface area contributed by atoms with E-state index in [4.69, 9.17) is 0 Å². The molecule has 5 nitrogen and oxygen atoms in total. The van der Waals surface area contributed by atoms with Crippen LogP contribution in [-0.2, 0) is 12.6 Å². The third-order valence-electron chi connectivity index (χ3n) is 3.89. The van der Waals surface area contributed by atoms with Crippen molar-refractivity contribution in [2.75, 3.05) is 10.6 Å². The van der Waals surface area contributed by atoms with E-state index in [1.807, 2.05) is 18.3 Å². The van der Waals surface area contributed by atoms with Crippen LogP contribution in [0, 0.1) is 0 Å². The fourth-order valence-corrected chi connectivity index (χ4v) is 2.50. The maximum Gasteiger partial charge on any atom is 0.421 e. The van der Waals surface area contributed by atoms with Crippen LogP contribution in [0.25, 0.3) is 0 Å². The van der Waals surface area contributed by atoms with Crippen LogP contribution in [0.15, 0.2) is 29.4 Å². The van der Waals surface area contributed by atoms with Crippen molar-refractivity contribution in [2.45, 2.75) is 31.5 Å².